The Kier molecular flexibility index (Phi) is 2.35. The minimum Gasteiger partial charge on any atom is -0.271 e. The quantitative estimate of drug-likeness (QED) is 0.635. The average molecular weight is 153 g/mol. The highest BCUT2D eigenvalue weighted by Gasteiger charge is 1.93. The molecule has 0 aromatic carbocycles. The molecule has 0 atom stereocenters. The van der Waals surface area contributed by atoms with Gasteiger partial charge in [0.2, 0.25) is 0 Å². The van der Waals surface area contributed by atoms with E-state index in [1.54, 1.807) is 17.1 Å². The second-order valence-corrected chi connectivity index (χ2v) is 2.27. The molecule has 1 rings (SSSR count). The zero-order valence-corrected chi connectivity index (χ0v) is 6.25. The first-order chi connectivity index (χ1) is 4.86. The van der Waals surface area contributed by atoms with Gasteiger partial charge >= 0.3 is 0 Å². The molecule has 0 unspecified atom stereocenters. The third-order valence-electron chi connectivity index (χ3n) is 1.09. The van der Waals surface area contributed by atoms with Crippen LogP contribution in [-0.2, 0) is 6.54 Å². The van der Waals surface area contributed by atoms with Gasteiger partial charge in [-0.15, -0.1) is 0 Å². The molecule has 0 N–H and O–H groups in total. The fraction of sp³-hybridized carbons (Fsp3) is 0.333. The molecule has 1 heterocycles. The first kappa shape index (κ1) is 7.16. The van der Waals surface area contributed by atoms with E-state index in [-0.39, 0.29) is 0 Å². The molecular weight excluding hydrogens is 146 g/mol. The van der Waals surface area contributed by atoms with Gasteiger partial charge in [0.05, 0.1) is 11.8 Å². The van der Waals surface area contributed by atoms with E-state index in [9.17, 15) is 0 Å². The molecule has 0 fully saturated rings. The molecule has 1 aromatic rings. The van der Waals surface area contributed by atoms with Crippen molar-refractivity contribution in [1.29, 1.82) is 5.26 Å². The number of thiol groups is 1. The van der Waals surface area contributed by atoms with E-state index >= 15 is 0 Å². The Morgan fingerprint density at radius 2 is 2.60 bits per heavy atom. The van der Waals surface area contributed by atoms with E-state index in [4.69, 9.17) is 5.26 Å². The van der Waals surface area contributed by atoms with Crippen LogP contribution < -0.4 is 0 Å². The summed E-state index contributed by atoms with van der Waals surface area (Å²) >= 11 is 4.03. The van der Waals surface area contributed by atoms with Crippen LogP contribution in [0.1, 0.15) is 5.56 Å². The minimum absolute atomic E-state index is 0.599. The Hall–Kier alpha value is -0.950. The molecule has 1 aromatic heterocycles. The summed E-state index contributed by atoms with van der Waals surface area (Å²) in [6, 6.07) is 2.00. The molecule has 52 valence electrons. The Morgan fingerprint density at radius 3 is 3.10 bits per heavy atom. The largest absolute Gasteiger partial charge is 0.271 e. The van der Waals surface area contributed by atoms with Crippen molar-refractivity contribution < 1.29 is 0 Å². The van der Waals surface area contributed by atoms with Crippen LogP contribution in [0.3, 0.4) is 0 Å². The van der Waals surface area contributed by atoms with E-state index in [2.05, 4.69) is 17.7 Å². The molecular formula is C6H7N3S. The van der Waals surface area contributed by atoms with E-state index in [0.717, 1.165) is 12.3 Å². The van der Waals surface area contributed by atoms with Crippen molar-refractivity contribution in [1.82, 2.24) is 9.78 Å². The highest BCUT2D eigenvalue weighted by molar-refractivity contribution is 7.80. The summed E-state index contributed by atoms with van der Waals surface area (Å²) in [5.74, 6) is 0.743. The van der Waals surface area contributed by atoms with Gasteiger partial charge in [0.1, 0.15) is 6.07 Å². The summed E-state index contributed by atoms with van der Waals surface area (Å²) in [5, 5.41) is 12.3. The van der Waals surface area contributed by atoms with Crippen molar-refractivity contribution in [3.05, 3.63) is 18.0 Å². The van der Waals surface area contributed by atoms with Crippen LogP contribution in [0.5, 0.6) is 0 Å². The Bertz CT molecular complexity index is 248. The number of hydrogen-bond acceptors (Lipinski definition) is 3. The fourth-order valence-corrected chi connectivity index (χ4v) is 0.851. The van der Waals surface area contributed by atoms with Crippen LogP contribution >= 0.6 is 12.6 Å². The molecule has 3 nitrogen and oxygen atoms in total. The minimum atomic E-state index is 0.599. The predicted molar refractivity (Wildman–Crippen MR) is 40.8 cm³/mol. The van der Waals surface area contributed by atoms with Gasteiger partial charge in [-0.05, 0) is 0 Å². The first-order valence-corrected chi connectivity index (χ1v) is 3.53. The summed E-state index contributed by atoms with van der Waals surface area (Å²) < 4.78 is 1.70. The molecule has 0 aliphatic carbocycles. The van der Waals surface area contributed by atoms with Crippen LogP contribution in [0.15, 0.2) is 12.4 Å². The Labute approximate surface area is 64.7 Å². The lowest BCUT2D eigenvalue weighted by molar-refractivity contribution is 0.667. The molecule has 10 heavy (non-hydrogen) atoms. The number of hydrogen-bond donors (Lipinski definition) is 1. The molecule has 0 bridgehead atoms. The number of nitriles is 1. The maximum absolute atomic E-state index is 8.40. The van der Waals surface area contributed by atoms with Crippen LogP contribution in [0.25, 0.3) is 0 Å². The molecule has 0 saturated carbocycles. The fourth-order valence-electron chi connectivity index (χ4n) is 0.646. The van der Waals surface area contributed by atoms with E-state index in [1.807, 2.05) is 6.07 Å². The summed E-state index contributed by atoms with van der Waals surface area (Å²) in [7, 11) is 0. The Balaban J connectivity index is 2.71. The third kappa shape index (κ3) is 1.52. The number of rotatable bonds is 2. The lowest BCUT2D eigenvalue weighted by atomic mass is 10.4. The standard InChI is InChI=1S/C6H7N3S/c7-3-6-4-8-9(5-6)1-2-10/h4-5,10H,1-2H2. The number of aromatic nitrogens is 2. The second kappa shape index (κ2) is 3.28. The zero-order valence-electron chi connectivity index (χ0n) is 5.36. The van der Waals surface area contributed by atoms with Gasteiger partial charge < -0.3 is 0 Å². The Morgan fingerprint density at radius 1 is 1.80 bits per heavy atom. The van der Waals surface area contributed by atoms with Gasteiger partial charge in [-0.25, -0.2) is 0 Å². The summed E-state index contributed by atoms with van der Waals surface area (Å²) in [6.07, 6.45) is 3.25. The van der Waals surface area contributed by atoms with Gasteiger partial charge in [0.25, 0.3) is 0 Å². The molecule has 0 radical (unpaired) electrons. The monoisotopic (exact) mass is 153 g/mol. The molecule has 0 spiro atoms. The van der Waals surface area contributed by atoms with Gasteiger partial charge in [0, 0.05) is 18.5 Å². The van der Waals surface area contributed by atoms with Crippen molar-refractivity contribution in [2.24, 2.45) is 0 Å². The van der Waals surface area contributed by atoms with Gasteiger partial charge in [0.15, 0.2) is 0 Å². The number of nitrogens with zero attached hydrogens (tertiary/aromatic N) is 3. The lowest BCUT2D eigenvalue weighted by Gasteiger charge is -1.92. The van der Waals surface area contributed by atoms with Crippen molar-refractivity contribution in [3.8, 4) is 6.07 Å². The van der Waals surface area contributed by atoms with Gasteiger partial charge in [-0.1, -0.05) is 0 Å². The maximum atomic E-state index is 8.40. The highest BCUT2D eigenvalue weighted by Crippen LogP contribution is 1.94. The summed E-state index contributed by atoms with van der Waals surface area (Å²) in [6.45, 7) is 0.755. The van der Waals surface area contributed by atoms with Crippen LogP contribution in [0, 0.1) is 11.3 Å². The molecule has 0 amide bonds. The van der Waals surface area contributed by atoms with E-state index in [0.29, 0.717) is 5.56 Å². The third-order valence-corrected chi connectivity index (χ3v) is 1.29. The molecule has 0 aliphatic rings. The molecule has 0 aliphatic heterocycles. The molecule has 0 saturated heterocycles. The average Bonchev–Trinajstić information content (AvgIpc) is 2.37. The van der Waals surface area contributed by atoms with Gasteiger partial charge in [-0.2, -0.15) is 23.0 Å². The summed E-state index contributed by atoms with van der Waals surface area (Å²) in [5.41, 5.74) is 0.599. The normalized spacial score (nSPS) is 9.20. The van der Waals surface area contributed by atoms with Crippen molar-refractivity contribution in [2.75, 3.05) is 5.75 Å². The van der Waals surface area contributed by atoms with Crippen molar-refractivity contribution in [3.63, 3.8) is 0 Å². The predicted octanol–water partition coefficient (Wildman–Crippen LogP) is 0.685. The SMILES string of the molecule is N#Cc1cnn(CCS)c1. The smallest absolute Gasteiger partial charge is 0.102 e. The molecule has 4 heteroatoms. The van der Waals surface area contributed by atoms with Gasteiger partial charge in [-0.3, -0.25) is 4.68 Å². The second-order valence-electron chi connectivity index (χ2n) is 1.83. The van der Waals surface area contributed by atoms with Crippen LogP contribution in [-0.4, -0.2) is 15.5 Å². The first-order valence-electron chi connectivity index (χ1n) is 2.90. The summed E-state index contributed by atoms with van der Waals surface area (Å²) in [4.78, 5) is 0. The van der Waals surface area contributed by atoms with Crippen LogP contribution in [0.4, 0.5) is 0 Å². The van der Waals surface area contributed by atoms with Crippen LogP contribution in [0.2, 0.25) is 0 Å². The zero-order chi connectivity index (χ0) is 7.40. The lowest BCUT2D eigenvalue weighted by Crippen LogP contribution is -1.98. The van der Waals surface area contributed by atoms with E-state index < -0.39 is 0 Å². The topological polar surface area (TPSA) is 41.6 Å². The maximum Gasteiger partial charge on any atom is 0.102 e. The van der Waals surface area contributed by atoms with E-state index in [1.165, 1.54) is 0 Å². The highest BCUT2D eigenvalue weighted by atomic mass is 32.1. The van der Waals surface area contributed by atoms with Crippen molar-refractivity contribution in [2.45, 2.75) is 6.54 Å². The van der Waals surface area contributed by atoms with Crippen molar-refractivity contribution >= 4 is 12.6 Å². The number of aryl methyl sites for hydroxylation is 1.